The van der Waals surface area contributed by atoms with E-state index in [1.54, 1.807) is 14.2 Å². The molecule has 2 aromatic heterocycles. The molecule has 0 amide bonds. The summed E-state index contributed by atoms with van der Waals surface area (Å²) in [6, 6.07) is 24.5. The Kier molecular flexibility index (Phi) is 4.56. The van der Waals surface area contributed by atoms with Gasteiger partial charge in [0.05, 0.1) is 26.2 Å². The molecule has 0 bridgehead atoms. The van der Waals surface area contributed by atoms with Crippen LogP contribution in [0.5, 0.6) is 11.5 Å². The summed E-state index contributed by atoms with van der Waals surface area (Å²) in [7, 11) is 3.29. The first-order chi connectivity index (χ1) is 14.8. The fourth-order valence-electron chi connectivity index (χ4n) is 3.85. The first-order valence-electron chi connectivity index (χ1n) is 9.79. The number of fused-ring (bicyclic) bond motifs is 3. The molecule has 0 radical (unpaired) electrons. The Morgan fingerprint density at radius 2 is 1.50 bits per heavy atom. The van der Waals surface area contributed by atoms with E-state index in [9.17, 15) is 0 Å². The van der Waals surface area contributed by atoms with Gasteiger partial charge in [0.25, 0.3) is 0 Å². The van der Waals surface area contributed by atoms with Gasteiger partial charge in [-0.15, -0.1) is 0 Å². The number of nitrogens with zero attached hydrogens (tertiary/aromatic N) is 3. The minimum Gasteiger partial charge on any atom is -0.493 e. The van der Waals surface area contributed by atoms with Gasteiger partial charge in [0.15, 0.2) is 17.1 Å². The molecule has 0 atom stereocenters. The standard InChI is InChI=1S/C25H21N3O2/c1-29-21-13-19-15-26-25-23(20(19)14-22(21)30-2)24(18-11-7-4-8-12-18)27-28(25)16-17-9-5-3-6-10-17/h3-15H,16H2,1-2H3. The molecule has 148 valence electrons. The molecule has 0 saturated carbocycles. The lowest BCUT2D eigenvalue weighted by atomic mass is 10.0. The highest BCUT2D eigenvalue weighted by atomic mass is 16.5. The third-order valence-corrected chi connectivity index (χ3v) is 5.30. The number of methoxy groups -OCH3 is 2. The summed E-state index contributed by atoms with van der Waals surface area (Å²) in [6.07, 6.45) is 1.87. The van der Waals surface area contributed by atoms with Gasteiger partial charge in [-0.25, -0.2) is 9.67 Å². The van der Waals surface area contributed by atoms with Gasteiger partial charge in [-0.05, 0) is 17.7 Å². The van der Waals surface area contributed by atoms with Gasteiger partial charge in [-0.1, -0.05) is 60.7 Å². The predicted octanol–water partition coefficient (Wildman–Crippen LogP) is 5.32. The first-order valence-corrected chi connectivity index (χ1v) is 9.79. The molecule has 0 saturated heterocycles. The van der Waals surface area contributed by atoms with Gasteiger partial charge >= 0.3 is 0 Å². The van der Waals surface area contributed by atoms with Gasteiger partial charge in [0.1, 0.15) is 5.69 Å². The van der Waals surface area contributed by atoms with Crippen molar-refractivity contribution in [2.45, 2.75) is 6.54 Å². The Bertz CT molecular complexity index is 1330. The van der Waals surface area contributed by atoms with Crippen LogP contribution < -0.4 is 9.47 Å². The van der Waals surface area contributed by atoms with Crippen LogP contribution in [0, 0.1) is 0 Å². The molecule has 5 heteroatoms. The summed E-state index contributed by atoms with van der Waals surface area (Å²) < 4.78 is 13.0. The minimum atomic E-state index is 0.649. The molecule has 0 aliphatic carbocycles. The van der Waals surface area contributed by atoms with Crippen molar-refractivity contribution in [3.8, 4) is 22.8 Å². The average molecular weight is 395 g/mol. The zero-order chi connectivity index (χ0) is 20.5. The topological polar surface area (TPSA) is 49.2 Å². The molecular formula is C25H21N3O2. The molecule has 3 aromatic carbocycles. The Hall–Kier alpha value is -3.86. The zero-order valence-corrected chi connectivity index (χ0v) is 16.9. The highest BCUT2D eigenvalue weighted by Gasteiger charge is 2.18. The summed E-state index contributed by atoms with van der Waals surface area (Å²) >= 11 is 0. The van der Waals surface area contributed by atoms with Crippen molar-refractivity contribution in [1.29, 1.82) is 0 Å². The zero-order valence-electron chi connectivity index (χ0n) is 16.9. The number of rotatable bonds is 5. The van der Waals surface area contributed by atoms with Crippen LogP contribution in [0.3, 0.4) is 0 Å². The lowest BCUT2D eigenvalue weighted by Gasteiger charge is -2.10. The van der Waals surface area contributed by atoms with E-state index in [0.717, 1.165) is 33.1 Å². The van der Waals surface area contributed by atoms with E-state index in [2.05, 4.69) is 24.3 Å². The maximum absolute atomic E-state index is 5.57. The normalized spacial score (nSPS) is 11.1. The van der Waals surface area contributed by atoms with Crippen LogP contribution in [0.1, 0.15) is 5.56 Å². The lowest BCUT2D eigenvalue weighted by Crippen LogP contribution is -2.02. The third kappa shape index (κ3) is 3.05. The van der Waals surface area contributed by atoms with Crippen LogP contribution in [-0.4, -0.2) is 29.0 Å². The van der Waals surface area contributed by atoms with Crippen molar-refractivity contribution in [2.24, 2.45) is 0 Å². The number of pyridine rings is 1. The molecule has 0 aliphatic rings. The van der Waals surface area contributed by atoms with Crippen LogP contribution in [0.4, 0.5) is 0 Å². The third-order valence-electron chi connectivity index (χ3n) is 5.30. The quantitative estimate of drug-likeness (QED) is 0.404. The largest absolute Gasteiger partial charge is 0.493 e. The van der Waals surface area contributed by atoms with Gasteiger partial charge in [0.2, 0.25) is 0 Å². The summed E-state index contributed by atoms with van der Waals surface area (Å²) in [4.78, 5) is 4.79. The van der Waals surface area contributed by atoms with Crippen LogP contribution in [0.25, 0.3) is 33.1 Å². The van der Waals surface area contributed by atoms with Crippen molar-refractivity contribution < 1.29 is 9.47 Å². The Balaban J connectivity index is 1.82. The van der Waals surface area contributed by atoms with E-state index in [-0.39, 0.29) is 0 Å². The van der Waals surface area contributed by atoms with E-state index in [1.807, 2.05) is 59.4 Å². The molecule has 5 nitrogen and oxygen atoms in total. The van der Waals surface area contributed by atoms with Crippen molar-refractivity contribution >= 4 is 21.8 Å². The highest BCUT2D eigenvalue weighted by Crippen LogP contribution is 2.38. The van der Waals surface area contributed by atoms with Crippen LogP contribution >= 0.6 is 0 Å². The second-order valence-electron chi connectivity index (χ2n) is 7.11. The van der Waals surface area contributed by atoms with Crippen LogP contribution in [0.15, 0.2) is 79.0 Å². The Morgan fingerprint density at radius 3 is 2.20 bits per heavy atom. The molecule has 0 fully saturated rings. The molecule has 5 rings (SSSR count). The smallest absolute Gasteiger partial charge is 0.161 e. The molecule has 0 N–H and O–H groups in total. The maximum Gasteiger partial charge on any atom is 0.161 e. The molecule has 5 aromatic rings. The van der Waals surface area contributed by atoms with Crippen molar-refractivity contribution in [3.63, 3.8) is 0 Å². The Labute approximate surface area is 174 Å². The number of ether oxygens (including phenoxy) is 2. The summed E-state index contributed by atoms with van der Waals surface area (Å²) in [5.41, 5.74) is 3.98. The van der Waals surface area contributed by atoms with Gasteiger partial charge in [0, 0.05) is 22.5 Å². The average Bonchev–Trinajstić information content (AvgIpc) is 3.18. The fraction of sp³-hybridized carbons (Fsp3) is 0.120. The van der Waals surface area contributed by atoms with E-state index < -0.39 is 0 Å². The number of aromatic nitrogens is 3. The SMILES string of the molecule is COc1cc2cnc3c(c(-c4ccccc4)nn3Cc3ccccc3)c2cc1OC. The maximum atomic E-state index is 5.57. The monoisotopic (exact) mass is 395 g/mol. The van der Waals surface area contributed by atoms with Gasteiger partial charge in [-0.3, -0.25) is 0 Å². The summed E-state index contributed by atoms with van der Waals surface area (Å²) in [5, 5.41) is 8.02. The molecule has 2 heterocycles. The van der Waals surface area contributed by atoms with E-state index >= 15 is 0 Å². The van der Waals surface area contributed by atoms with Crippen LogP contribution in [0.2, 0.25) is 0 Å². The van der Waals surface area contributed by atoms with E-state index in [0.29, 0.717) is 18.0 Å². The van der Waals surface area contributed by atoms with E-state index in [4.69, 9.17) is 19.6 Å². The highest BCUT2D eigenvalue weighted by molar-refractivity contribution is 6.11. The predicted molar refractivity (Wildman–Crippen MR) is 119 cm³/mol. The number of hydrogen-bond donors (Lipinski definition) is 0. The molecule has 0 aliphatic heterocycles. The number of hydrogen-bond acceptors (Lipinski definition) is 4. The molecular weight excluding hydrogens is 374 g/mol. The second-order valence-corrected chi connectivity index (χ2v) is 7.11. The molecule has 0 unspecified atom stereocenters. The minimum absolute atomic E-state index is 0.649. The van der Waals surface area contributed by atoms with Crippen LogP contribution in [-0.2, 0) is 6.54 Å². The lowest BCUT2D eigenvalue weighted by molar-refractivity contribution is 0.356. The van der Waals surface area contributed by atoms with Gasteiger partial charge in [-0.2, -0.15) is 5.10 Å². The Morgan fingerprint density at radius 1 is 0.833 bits per heavy atom. The summed E-state index contributed by atoms with van der Waals surface area (Å²) in [5.74, 6) is 1.37. The molecule has 0 spiro atoms. The van der Waals surface area contributed by atoms with E-state index in [1.165, 1.54) is 5.56 Å². The second kappa shape index (κ2) is 7.52. The van der Waals surface area contributed by atoms with Gasteiger partial charge < -0.3 is 9.47 Å². The van der Waals surface area contributed by atoms with Crippen molar-refractivity contribution in [1.82, 2.24) is 14.8 Å². The van der Waals surface area contributed by atoms with Crippen molar-refractivity contribution in [2.75, 3.05) is 14.2 Å². The van der Waals surface area contributed by atoms with Crippen molar-refractivity contribution in [3.05, 3.63) is 84.6 Å². The number of benzene rings is 3. The molecule has 30 heavy (non-hydrogen) atoms. The fourth-order valence-corrected chi connectivity index (χ4v) is 3.85. The summed E-state index contributed by atoms with van der Waals surface area (Å²) in [6.45, 7) is 0.649. The first kappa shape index (κ1) is 18.2.